The fourth-order valence-electron chi connectivity index (χ4n) is 2.16. The number of H-pyrrole nitrogens is 1. The summed E-state index contributed by atoms with van der Waals surface area (Å²) in [5.41, 5.74) is 1.56. The van der Waals surface area contributed by atoms with Crippen LogP contribution in [0.15, 0.2) is 42.7 Å². The summed E-state index contributed by atoms with van der Waals surface area (Å²) in [4.78, 5) is 20.4. The second-order valence-electron chi connectivity index (χ2n) is 5.40. The number of carbonyl (C=O) groups is 1. The van der Waals surface area contributed by atoms with Crippen LogP contribution in [0.5, 0.6) is 0 Å². The van der Waals surface area contributed by atoms with E-state index in [4.69, 9.17) is 0 Å². The number of benzene rings is 1. The molecule has 0 bridgehead atoms. The Labute approximate surface area is 144 Å². The Morgan fingerprint density at radius 3 is 2.71 bits per heavy atom. The highest BCUT2D eigenvalue weighted by molar-refractivity contribution is 7.09. The van der Waals surface area contributed by atoms with E-state index in [0.29, 0.717) is 18.7 Å². The van der Waals surface area contributed by atoms with Crippen molar-refractivity contribution in [2.75, 3.05) is 32.1 Å². The van der Waals surface area contributed by atoms with Crippen LogP contribution in [-0.2, 0) is 0 Å². The highest BCUT2D eigenvalue weighted by Gasteiger charge is 2.15. The van der Waals surface area contributed by atoms with Crippen LogP contribution in [0.3, 0.4) is 0 Å². The summed E-state index contributed by atoms with van der Waals surface area (Å²) >= 11 is 1.36. The molecule has 1 amide bonds. The molecule has 2 heterocycles. The monoisotopic (exact) mass is 342 g/mol. The van der Waals surface area contributed by atoms with Crippen molar-refractivity contribution in [2.45, 2.75) is 0 Å². The van der Waals surface area contributed by atoms with Gasteiger partial charge in [-0.2, -0.15) is 14.5 Å². The molecule has 1 N–H and O–H groups in total. The molecule has 0 saturated heterocycles. The Morgan fingerprint density at radius 2 is 2.00 bits per heavy atom. The molecule has 0 aliphatic heterocycles. The average Bonchev–Trinajstić information content (AvgIpc) is 3.31. The summed E-state index contributed by atoms with van der Waals surface area (Å²) in [6.07, 6.45) is 3.12. The minimum atomic E-state index is -0.0561. The maximum absolute atomic E-state index is 12.2. The quantitative estimate of drug-likeness (QED) is 0.742. The molecule has 124 valence electrons. The number of hydrogen-bond donors (Lipinski definition) is 1. The van der Waals surface area contributed by atoms with Crippen LogP contribution in [0.4, 0.5) is 5.13 Å². The first-order chi connectivity index (χ1) is 11.6. The van der Waals surface area contributed by atoms with Gasteiger partial charge in [0, 0.05) is 50.5 Å². The Kier molecular flexibility index (Phi) is 4.85. The zero-order valence-electron chi connectivity index (χ0n) is 13.5. The SMILES string of the molecule is CN(CCN(C)c1nc(-c2ccccc2)ns1)C(=O)c1cn[nH]c1. The van der Waals surface area contributed by atoms with Gasteiger partial charge >= 0.3 is 0 Å². The molecule has 2 aromatic heterocycles. The second kappa shape index (κ2) is 7.22. The lowest BCUT2D eigenvalue weighted by atomic mass is 10.2. The van der Waals surface area contributed by atoms with Gasteiger partial charge in [-0.15, -0.1) is 0 Å². The summed E-state index contributed by atoms with van der Waals surface area (Å²) in [6.45, 7) is 1.25. The van der Waals surface area contributed by atoms with Crippen LogP contribution in [-0.4, -0.2) is 57.5 Å². The van der Waals surface area contributed by atoms with Gasteiger partial charge < -0.3 is 9.80 Å². The predicted octanol–water partition coefficient (Wildman–Crippen LogP) is 2.14. The van der Waals surface area contributed by atoms with Crippen molar-refractivity contribution < 1.29 is 4.79 Å². The molecule has 0 aliphatic carbocycles. The fourth-order valence-corrected chi connectivity index (χ4v) is 2.83. The van der Waals surface area contributed by atoms with Crippen molar-refractivity contribution in [3.05, 3.63) is 48.3 Å². The van der Waals surface area contributed by atoms with Gasteiger partial charge in [0.05, 0.1) is 11.8 Å². The lowest BCUT2D eigenvalue weighted by Gasteiger charge is -2.21. The van der Waals surface area contributed by atoms with Gasteiger partial charge in [-0.1, -0.05) is 30.3 Å². The molecule has 0 atom stereocenters. The van der Waals surface area contributed by atoms with Crippen LogP contribution in [0.1, 0.15) is 10.4 Å². The first kappa shape index (κ1) is 16.1. The molecule has 3 rings (SSSR count). The van der Waals surface area contributed by atoms with Gasteiger partial charge in [-0.05, 0) is 0 Å². The summed E-state index contributed by atoms with van der Waals surface area (Å²) in [6, 6.07) is 9.88. The lowest BCUT2D eigenvalue weighted by Crippen LogP contribution is -2.34. The highest BCUT2D eigenvalue weighted by atomic mass is 32.1. The van der Waals surface area contributed by atoms with Gasteiger partial charge in [0.1, 0.15) is 0 Å². The van der Waals surface area contributed by atoms with Crippen LogP contribution >= 0.6 is 11.5 Å². The van der Waals surface area contributed by atoms with Crippen molar-refractivity contribution in [1.29, 1.82) is 0 Å². The Bertz CT molecular complexity index is 786. The molecule has 1 aromatic carbocycles. The van der Waals surface area contributed by atoms with E-state index in [-0.39, 0.29) is 5.91 Å². The lowest BCUT2D eigenvalue weighted by molar-refractivity contribution is 0.0799. The molecule has 7 nitrogen and oxygen atoms in total. The summed E-state index contributed by atoms with van der Waals surface area (Å²) in [7, 11) is 3.73. The number of nitrogens with one attached hydrogen (secondary N) is 1. The van der Waals surface area contributed by atoms with Crippen molar-refractivity contribution in [1.82, 2.24) is 24.5 Å². The van der Waals surface area contributed by atoms with Crippen molar-refractivity contribution in [3.8, 4) is 11.4 Å². The number of rotatable bonds is 6. The normalized spacial score (nSPS) is 10.6. The van der Waals surface area contributed by atoms with Crippen LogP contribution in [0.2, 0.25) is 0 Å². The zero-order valence-corrected chi connectivity index (χ0v) is 14.3. The Morgan fingerprint density at radius 1 is 1.21 bits per heavy atom. The maximum atomic E-state index is 12.2. The molecular formula is C16H18N6OS. The van der Waals surface area contributed by atoms with Gasteiger partial charge in [-0.25, -0.2) is 0 Å². The van der Waals surface area contributed by atoms with Crippen molar-refractivity contribution in [2.24, 2.45) is 0 Å². The molecule has 0 fully saturated rings. The van der Waals surface area contributed by atoms with Crippen LogP contribution < -0.4 is 4.90 Å². The Hall–Kier alpha value is -2.74. The molecular weight excluding hydrogens is 324 g/mol. The first-order valence-electron chi connectivity index (χ1n) is 7.49. The largest absolute Gasteiger partial charge is 0.348 e. The summed E-state index contributed by atoms with van der Waals surface area (Å²) in [5, 5.41) is 7.28. The van der Waals surface area contributed by atoms with E-state index in [1.807, 2.05) is 42.3 Å². The number of aromatic nitrogens is 4. The molecule has 3 aromatic rings. The van der Waals surface area contributed by atoms with Gasteiger partial charge in [0.15, 0.2) is 5.82 Å². The molecule has 0 saturated carbocycles. The predicted molar refractivity (Wildman–Crippen MR) is 94.2 cm³/mol. The molecule has 0 spiro atoms. The van der Waals surface area contributed by atoms with Crippen LogP contribution in [0, 0.1) is 0 Å². The standard InChI is InChI=1S/C16H18N6OS/c1-21(15(23)13-10-17-18-11-13)8-9-22(2)16-19-14(20-24-16)12-6-4-3-5-7-12/h3-7,10-11H,8-9H2,1-2H3,(H,17,18). The molecule has 24 heavy (non-hydrogen) atoms. The van der Waals surface area contributed by atoms with E-state index < -0.39 is 0 Å². The smallest absolute Gasteiger partial charge is 0.256 e. The first-order valence-corrected chi connectivity index (χ1v) is 8.27. The number of aromatic amines is 1. The van der Waals surface area contributed by atoms with E-state index in [9.17, 15) is 4.79 Å². The van der Waals surface area contributed by atoms with Crippen LogP contribution in [0.25, 0.3) is 11.4 Å². The fraction of sp³-hybridized carbons (Fsp3) is 0.250. The van der Waals surface area contributed by atoms with E-state index in [0.717, 1.165) is 16.5 Å². The van der Waals surface area contributed by atoms with Crippen molar-refractivity contribution in [3.63, 3.8) is 0 Å². The topological polar surface area (TPSA) is 78.0 Å². The van der Waals surface area contributed by atoms with E-state index in [1.165, 1.54) is 17.7 Å². The third-order valence-corrected chi connectivity index (χ3v) is 4.47. The summed E-state index contributed by atoms with van der Waals surface area (Å²) in [5.74, 6) is 0.671. The average molecular weight is 342 g/mol. The molecule has 0 aliphatic rings. The zero-order chi connectivity index (χ0) is 16.9. The number of amides is 1. The third kappa shape index (κ3) is 3.60. The number of carbonyl (C=O) groups excluding carboxylic acids is 1. The maximum Gasteiger partial charge on any atom is 0.256 e. The number of anilines is 1. The highest BCUT2D eigenvalue weighted by Crippen LogP contribution is 2.22. The summed E-state index contributed by atoms with van der Waals surface area (Å²) < 4.78 is 4.41. The second-order valence-corrected chi connectivity index (χ2v) is 6.13. The Balaban J connectivity index is 1.58. The molecule has 0 unspecified atom stereocenters. The number of likely N-dealkylation sites (N-methyl/N-ethyl adjacent to an activating group) is 2. The minimum Gasteiger partial charge on any atom is -0.348 e. The van der Waals surface area contributed by atoms with E-state index in [1.54, 1.807) is 18.1 Å². The van der Waals surface area contributed by atoms with Crippen molar-refractivity contribution >= 4 is 22.6 Å². The van der Waals surface area contributed by atoms with Gasteiger partial charge in [0.2, 0.25) is 5.13 Å². The number of nitrogens with zero attached hydrogens (tertiary/aromatic N) is 5. The van der Waals surface area contributed by atoms with E-state index in [2.05, 4.69) is 19.6 Å². The van der Waals surface area contributed by atoms with Gasteiger partial charge in [-0.3, -0.25) is 9.89 Å². The molecule has 8 heteroatoms. The number of hydrogen-bond acceptors (Lipinski definition) is 6. The van der Waals surface area contributed by atoms with Gasteiger partial charge in [0.25, 0.3) is 5.91 Å². The molecule has 0 radical (unpaired) electrons. The minimum absolute atomic E-state index is 0.0561. The third-order valence-electron chi connectivity index (χ3n) is 3.64. The van der Waals surface area contributed by atoms with E-state index >= 15 is 0 Å².